The maximum absolute atomic E-state index is 12.8. The van der Waals surface area contributed by atoms with Crippen molar-refractivity contribution >= 4 is 22.9 Å². The van der Waals surface area contributed by atoms with Gasteiger partial charge in [-0.15, -0.1) is 0 Å². The van der Waals surface area contributed by atoms with E-state index in [-0.39, 0.29) is 30.7 Å². The summed E-state index contributed by atoms with van der Waals surface area (Å²) in [7, 11) is 3.21. The van der Waals surface area contributed by atoms with Gasteiger partial charge < -0.3 is 14.7 Å². The van der Waals surface area contributed by atoms with Crippen molar-refractivity contribution in [3.8, 4) is 0 Å². The number of carboxylic acid groups (broad SMARTS) is 1. The number of hydrogen-bond acceptors (Lipinski definition) is 4. The number of aryl methyl sites for hydroxylation is 1. The van der Waals surface area contributed by atoms with Gasteiger partial charge in [0.25, 0.3) is 0 Å². The Labute approximate surface area is 144 Å². The average molecular weight is 347 g/mol. The van der Waals surface area contributed by atoms with E-state index in [0.717, 1.165) is 5.52 Å². The van der Waals surface area contributed by atoms with E-state index in [9.17, 15) is 14.4 Å². The van der Waals surface area contributed by atoms with E-state index in [1.807, 2.05) is 18.2 Å². The van der Waals surface area contributed by atoms with Gasteiger partial charge in [-0.25, -0.2) is 4.79 Å². The molecule has 1 amide bonds. The highest BCUT2D eigenvalue weighted by Crippen LogP contribution is 2.23. The van der Waals surface area contributed by atoms with Crippen LogP contribution < -0.4 is 5.69 Å². The summed E-state index contributed by atoms with van der Waals surface area (Å²) in [4.78, 5) is 37.8. The molecule has 2 unspecified atom stereocenters. The first-order chi connectivity index (χ1) is 11.9. The highest BCUT2D eigenvalue weighted by Gasteiger charge is 2.36. The topological polar surface area (TPSA) is 93.8 Å². The summed E-state index contributed by atoms with van der Waals surface area (Å²) in [5.41, 5.74) is 1.16. The highest BCUT2D eigenvalue weighted by atomic mass is 16.5. The van der Waals surface area contributed by atoms with Crippen LogP contribution in [0.4, 0.5) is 0 Å². The molecule has 3 rings (SSSR count). The molecule has 8 heteroatoms. The number of fused-ring (bicyclic) bond motifs is 1. The van der Waals surface area contributed by atoms with Gasteiger partial charge in [-0.2, -0.15) is 0 Å². The van der Waals surface area contributed by atoms with E-state index in [2.05, 4.69) is 0 Å². The number of carbonyl (C=O) groups excluding carboxylic acids is 1. The number of aromatic nitrogens is 2. The smallest absolute Gasteiger partial charge is 0.329 e. The fourth-order valence-corrected chi connectivity index (χ4v) is 3.49. The van der Waals surface area contributed by atoms with Gasteiger partial charge >= 0.3 is 11.7 Å². The second-order valence-electron chi connectivity index (χ2n) is 6.31. The van der Waals surface area contributed by atoms with E-state index in [1.165, 1.54) is 14.0 Å². The van der Waals surface area contributed by atoms with Crippen molar-refractivity contribution in [2.75, 3.05) is 13.7 Å². The van der Waals surface area contributed by atoms with Crippen LogP contribution in [0.25, 0.3) is 11.0 Å². The summed E-state index contributed by atoms with van der Waals surface area (Å²) >= 11 is 0. The first-order valence-corrected chi connectivity index (χ1v) is 8.10. The third kappa shape index (κ3) is 3.17. The summed E-state index contributed by atoms with van der Waals surface area (Å²) in [6.45, 7) is 0.222. The normalized spacial score (nSPS) is 20.3. The van der Waals surface area contributed by atoms with Crippen LogP contribution in [0.3, 0.4) is 0 Å². The first-order valence-electron chi connectivity index (χ1n) is 8.10. The summed E-state index contributed by atoms with van der Waals surface area (Å²) in [6.07, 6.45) is 0.173. The molecule has 1 fully saturated rings. The van der Waals surface area contributed by atoms with Crippen LogP contribution in [0.1, 0.15) is 12.8 Å². The predicted octanol–water partition coefficient (Wildman–Crippen LogP) is 0.431. The molecule has 2 heterocycles. The Bertz CT molecular complexity index is 869. The number of rotatable bonds is 5. The molecule has 2 atom stereocenters. The number of carbonyl (C=O) groups is 2. The quantitative estimate of drug-likeness (QED) is 0.847. The van der Waals surface area contributed by atoms with E-state index >= 15 is 0 Å². The Balaban J connectivity index is 1.88. The van der Waals surface area contributed by atoms with Gasteiger partial charge in [-0.05, 0) is 18.6 Å². The fraction of sp³-hybridized carbons (Fsp3) is 0.471. The number of aliphatic carboxylic acids is 1. The molecule has 1 aromatic heterocycles. The molecule has 1 saturated heterocycles. The molecule has 0 spiro atoms. The van der Waals surface area contributed by atoms with Crippen molar-refractivity contribution < 1.29 is 19.4 Å². The lowest BCUT2D eigenvalue weighted by Crippen LogP contribution is -2.41. The molecule has 0 radical (unpaired) electrons. The number of likely N-dealkylation sites (tertiary alicyclic amines) is 1. The fourth-order valence-electron chi connectivity index (χ4n) is 3.49. The third-order valence-corrected chi connectivity index (χ3v) is 4.79. The average Bonchev–Trinajstić information content (AvgIpc) is 3.09. The minimum Gasteiger partial charge on any atom is -0.481 e. The number of methoxy groups -OCH3 is 1. The van der Waals surface area contributed by atoms with Gasteiger partial charge in [0.15, 0.2) is 0 Å². The standard InChI is InChI=1S/C17H21N3O5/c1-18-13-5-3-4-6-14(13)20(17(18)24)10-15(21)19-9-12(25-2)7-11(19)8-16(22)23/h3-6,11-12H,7-10H2,1-2H3,(H,22,23). The molecule has 1 aliphatic heterocycles. The van der Waals surface area contributed by atoms with Crippen LogP contribution in [-0.4, -0.2) is 56.8 Å². The Kier molecular flexibility index (Phi) is 4.63. The molecule has 2 aromatic rings. The van der Waals surface area contributed by atoms with Gasteiger partial charge in [0.2, 0.25) is 5.91 Å². The largest absolute Gasteiger partial charge is 0.481 e. The number of amides is 1. The molecule has 1 N–H and O–H groups in total. The molecule has 8 nitrogen and oxygen atoms in total. The Morgan fingerprint density at radius 2 is 1.96 bits per heavy atom. The lowest BCUT2D eigenvalue weighted by Gasteiger charge is -2.23. The molecular weight excluding hydrogens is 326 g/mol. The number of ether oxygens (including phenoxy) is 1. The van der Waals surface area contributed by atoms with E-state index in [4.69, 9.17) is 9.84 Å². The van der Waals surface area contributed by atoms with Crippen LogP contribution in [-0.2, 0) is 27.9 Å². The predicted molar refractivity (Wildman–Crippen MR) is 90.3 cm³/mol. The van der Waals surface area contributed by atoms with Crippen LogP contribution in [0.15, 0.2) is 29.1 Å². The van der Waals surface area contributed by atoms with Gasteiger partial charge in [0.1, 0.15) is 6.54 Å². The minimum absolute atomic E-state index is 0.118. The molecule has 25 heavy (non-hydrogen) atoms. The molecule has 134 valence electrons. The van der Waals surface area contributed by atoms with Crippen molar-refractivity contribution in [2.24, 2.45) is 7.05 Å². The lowest BCUT2D eigenvalue weighted by molar-refractivity contribution is -0.140. The SMILES string of the molecule is COC1CC(CC(=O)O)N(C(=O)Cn2c(=O)n(C)c3ccccc32)C1. The number of nitrogens with zero attached hydrogens (tertiary/aromatic N) is 3. The van der Waals surface area contributed by atoms with Crippen LogP contribution in [0.2, 0.25) is 0 Å². The summed E-state index contributed by atoms with van der Waals surface area (Å²) in [5.74, 6) is -1.23. The second kappa shape index (κ2) is 6.72. The van der Waals surface area contributed by atoms with Gasteiger partial charge in [-0.3, -0.25) is 18.7 Å². The van der Waals surface area contributed by atoms with Crippen molar-refractivity contribution in [3.05, 3.63) is 34.7 Å². The zero-order valence-electron chi connectivity index (χ0n) is 14.2. The number of hydrogen-bond donors (Lipinski definition) is 1. The number of benzene rings is 1. The molecule has 0 bridgehead atoms. The summed E-state index contributed by atoms with van der Waals surface area (Å²) in [6, 6.07) is 6.84. The molecule has 1 aliphatic rings. The van der Waals surface area contributed by atoms with Crippen molar-refractivity contribution in [3.63, 3.8) is 0 Å². The van der Waals surface area contributed by atoms with E-state index < -0.39 is 12.0 Å². The lowest BCUT2D eigenvalue weighted by atomic mass is 10.1. The maximum atomic E-state index is 12.8. The van der Waals surface area contributed by atoms with Crippen LogP contribution in [0, 0.1) is 0 Å². The number of imidazole rings is 1. The van der Waals surface area contributed by atoms with Gasteiger partial charge in [0, 0.05) is 26.7 Å². The summed E-state index contributed by atoms with van der Waals surface area (Å²) in [5, 5.41) is 9.07. The monoisotopic (exact) mass is 347 g/mol. The van der Waals surface area contributed by atoms with Crippen molar-refractivity contribution in [1.29, 1.82) is 0 Å². The zero-order chi connectivity index (χ0) is 18.1. The first kappa shape index (κ1) is 17.2. The second-order valence-corrected chi connectivity index (χ2v) is 6.31. The van der Waals surface area contributed by atoms with E-state index in [1.54, 1.807) is 20.2 Å². The summed E-state index contributed by atoms with van der Waals surface area (Å²) < 4.78 is 8.22. The number of para-hydroxylation sites is 2. The molecular formula is C17H21N3O5. The Morgan fingerprint density at radius 1 is 1.28 bits per heavy atom. The van der Waals surface area contributed by atoms with Crippen LogP contribution in [0.5, 0.6) is 0 Å². The molecule has 0 aliphatic carbocycles. The van der Waals surface area contributed by atoms with Crippen LogP contribution >= 0.6 is 0 Å². The van der Waals surface area contributed by atoms with E-state index in [0.29, 0.717) is 18.5 Å². The minimum atomic E-state index is -0.957. The maximum Gasteiger partial charge on any atom is 0.329 e. The Morgan fingerprint density at radius 3 is 2.60 bits per heavy atom. The van der Waals surface area contributed by atoms with Gasteiger partial charge in [-0.1, -0.05) is 12.1 Å². The molecule has 1 aromatic carbocycles. The zero-order valence-corrected chi connectivity index (χ0v) is 14.2. The van der Waals surface area contributed by atoms with Crippen molar-refractivity contribution in [2.45, 2.75) is 31.5 Å². The third-order valence-electron chi connectivity index (χ3n) is 4.79. The highest BCUT2D eigenvalue weighted by molar-refractivity contribution is 5.82. The molecule has 0 saturated carbocycles. The Hall–Kier alpha value is -2.61. The number of carboxylic acids is 1. The van der Waals surface area contributed by atoms with Crippen molar-refractivity contribution in [1.82, 2.24) is 14.0 Å². The van der Waals surface area contributed by atoms with Gasteiger partial charge in [0.05, 0.1) is 23.6 Å².